The number of aromatic nitrogens is 7. The molecule has 2 aliphatic heterocycles. The van der Waals surface area contributed by atoms with Crippen molar-refractivity contribution in [2.24, 2.45) is 11.8 Å². The molecule has 0 aliphatic carbocycles. The number of benzene rings is 1. The summed E-state index contributed by atoms with van der Waals surface area (Å²) in [4.78, 5) is 72.8. The second-order valence-corrected chi connectivity index (χ2v) is 15.5. The lowest BCUT2D eigenvalue weighted by molar-refractivity contribution is -0.145. The molecule has 3 amide bonds. The van der Waals surface area contributed by atoms with E-state index in [-0.39, 0.29) is 35.7 Å². The summed E-state index contributed by atoms with van der Waals surface area (Å²) in [6, 6.07) is 6.26. The first-order valence-corrected chi connectivity index (χ1v) is 19.7. The number of carbonyl (C=O) groups is 3. The Kier molecular flexibility index (Phi) is 12.1. The van der Waals surface area contributed by atoms with Gasteiger partial charge >= 0.3 is 6.09 Å². The molecule has 58 heavy (non-hydrogen) atoms. The average Bonchev–Trinajstić information content (AvgIpc) is 4.07. The van der Waals surface area contributed by atoms with Crippen molar-refractivity contribution < 1.29 is 29.0 Å². The molecule has 2 aliphatic rings. The van der Waals surface area contributed by atoms with Gasteiger partial charge < -0.3 is 39.7 Å². The summed E-state index contributed by atoms with van der Waals surface area (Å²) in [5.41, 5.74) is 3.85. The Labute approximate surface area is 336 Å². The number of fused-ring (bicyclic) bond motifs is 1. The zero-order valence-corrected chi connectivity index (χ0v) is 33.6. The van der Waals surface area contributed by atoms with Gasteiger partial charge in [0.05, 0.1) is 49.0 Å². The highest BCUT2D eigenvalue weighted by atomic mass is 16.6. The third-order valence-electron chi connectivity index (χ3n) is 11.0. The van der Waals surface area contributed by atoms with Gasteiger partial charge in [-0.15, -0.1) is 0 Å². The average molecular weight is 794 g/mol. The first-order chi connectivity index (χ1) is 27.9. The molecule has 306 valence electrons. The molecule has 5 atom stereocenters. The Bertz CT molecular complexity index is 2240. The molecule has 0 bridgehead atoms. The van der Waals surface area contributed by atoms with E-state index in [0.717, 1.165) is 64.8 Å². The minimum Gasteiger partial charge on any atom is -0.453 e. The monoisotopic (exact) mass is 793 g/mol. The first-order valence-electron chi connectivity index (χ1n) is 19.7. The molecule has 0 saturated carbocycles. The van der Waals surface area contributed by atoms with Crippen LogP contribution in [0.2, 0.25) is 0 Å². The number of amides is 3. The van der Waals surface area contributed by atoms with Gasteiger partial charge in [-0.3, -0.25) is 19.9 Å². The molecule has 1 aromatic carbocycles. The standard InChI is InChI=1S/C41H51N11O6/c1-22(2)33(49-40(55)57-5)38(53)51-13-7-9-31(51)36-45-20-29(47-36)25-12-11-24-16-28(42-17-26(24)15-25)35-43-18-27(19-44-35)30-21-46-37(48-30)32-10-8-14-52(32)39(54)34(23(3)4)50-41(56)58-6/h11-12,15-23,31-34,40,49,55H,7-10,13-14H2,1-6H3,(H,45,47)(H,46,48)(H,50,56)/t31-,32-,33-,34-,40?/m0/s1. The third kappa shape index (κ3) is 8.42. The zero-order valence-electron chi connectivity index (χ0n) is 33.6. The predicted molar refractivity (Wildman–Crippen MR) is 214 cm³/mol. The van der Waals surface area contributed by atoms with E-state index in [0.29, 0.717) is 30.4 Å². The van der Waals surface area contributed by atoms with Crippen LogP contribution in [-0.2, 0) is 19.1 Å². The Morgan fingerprint density at radius 1 is 0.741 bits per heavy atom. The largest absolute Gasteiger partial charge is 0.453 e. The number of likely N-dealkylation sites (tertiary alicyclic amines) is 2. The normalized spacial score (nSPS) is 18.6. The number of imidazole rings is 2. The van der Waals surface area contributed by atoms with Crippen LogP contribution < -0.4 is 10.6 Å². The molecule has 2 saturated heterocycles. The molecule has 2 fully saturated rings. The molecule has 6 heterocycles. The first kappa shape index (κ1) is 40.4. The quantitative estimate of drug-likeness (QED) is 0.102. The highest BCUT2D eigenvalue weighted by Gasteiger charge is 2.39. The molecule has 0 spiro atoms. The lowest BCUT2D eigenvalue weighted by Gasteiger charge is -2.31. The van der Waals surface area contributed by atoms with Gasteiger partial charge in [0, 0.05) is 55.3 Å². The van der Waals surface area contributed by atoms with Crippen LogP contribution in [-0.4, -0.2) is 114 Å². The van der Waals surface area contributed by atoms with Gasteiger partial charge in [-0.05, 0) is 55.0 Å². The fraction of sp³-hybridized carbons (Fsp3) is 0.463. The van der Waals surface area contributed by atoms with Crippen molar-refractivity contribution in [2.45, 2.75) is 84.0 Å². The fourth-order valence-corrected chi connectivity index (χ4v) is 7.79. The van der Waals surface area contributed by atoms with E-state index < -0.39 is 24.6 Å². The number of nitrogens with one attached hydrogen (secondary N) is 4. The number of rotatable bonds is 13. The number of alkyl carbamates (subject to hydrolysis) is 1. The van der Waals surface area contributed by atoms with Crippen LogP contribution >= 0.6 is 0 Å². The van der Waals surface area contributed by atoms with Crippen LogP contribution in [0.1, 0.15) is 77.1 Å². The second-order valence-electron chi connectivity index (χ2n) is 15.5. The van der Waals surface area contributed by atoms with Crippen LogP contribution in [0.25, 0.3) is 44.8 Å². The van der Waals surface area contributed by atoms with Crippen LogP contribution in [0.4, 0.5) is 4.79 Å². The molecule has 5 N–H and O–H groups in total. The van der Waals surface area contributed by atoms with E-state index in [1.807, 2.05) is 56.9 Å². The molecule has 0 radical (unpaired) electrons. The minimum atomic E-state index is -1.24. The van der Waals surface area contributed by atoms with Crippen molar-refractivity contribution in [3.8, 4) is 34.0 Å². The smallest absolute Gasteiger partial charge is 0.407 e. The molecular weight excluding hydrogens is 743 g/mol. The topological polar surface area (TPSA) is 216 Å². The molecule has 17 nitrogen and oxygen atoms in total. The maximum Gasteiger partial charge on any atom is 0.407 e. The minimum absolute atomic E-state index is 0.0579. The van der Waals surface area contributed by atoms with E-state index in [1.165, 1.54) is 14.2 Å². The third-order valence-corrected chi connectivity index (χ3v) is 11.0. The number of methoxy groups -OCH3 is 2. The number of hydrogen-bond donors (Lipinski definition) is 5. The summed E-state index contributed by atoms with van der Waals surface area (Å²) in [7, 11) is 2.66. The van der Waals surface area contributed by atoms with Gasteiger partial charge in [-0.2, -0.15) is 0 Å². The Morgan fingerprint density at radius 3 is 1.90 bits per heavy atom. The van der Waals surface area contributed by atoms with Crippen molar-refractivity contribution in [2.75, 3.05) is 27.3 Å². The molecule has 7 rings (SSSR count). The SMILES string of the molecule is COC(=O)N[C@H](C(=O)N1CCC[C@H]1c1ncc(-c2cnc(-c3cc4ccc(-c5cnc([C@@H]6CCCN6C(=O)[C@@H](NC(O)OC)C(C)C)[nH]5)cc4cn3)nc2)[nH]1)C(C)C. The van der Waals surface area contributed by atoms with Crippen molar-refractivity contribution in [3.05, 3.63) is 66.9 Å². The number of aliphatic hydroxyl groups is 1. The summed E-state index contributed by atoms with van der Waals surface area (Å²) < 4.78 is 9.70. The van der Waals surface area contributed by atoms with E-state index >= 15 is 0 Å². The number of H-pyrrole nitrogens is 2. The van der Waals surface area contributed by atoms with Gasteiger partial charge in [0.2, 0.25) is 18.2 Å². The second kappa shape index (κ2) is 17.4. The highest BCUT2D eigenvalue weighted by molar-refractivity contribution is 5.89. The number of aromatic amines is 2. The number of nitrogens with zero attached hydrogens (tertiary/aromatic N) is 7. The maximum absolute atomic E-state index is 13.6. The summed E-state index contributed by atoms with van der Waals surface area (Å²) in [5, 5.41) is 17.5. The number of hydrogen-bond acceptors (Lipinski definition) is 12. The molecular formula is C41H51N11O6. The summed E-state index contributed by atoms with van der Waals surface area (Å²) in [5.74, 6) is 1.41. The zero-order chi connectivity index (χ0) is 41.1. The number of aliphatic hydroxyl groups excluding tert-OH is 1. The molecule has 1 unspecified atom stereocenters. The summed E-state index contributed by atoms with van der Waals surface area (Å²) in [6.45, 7) is 8.81. The lowest BCUT2D eigenvalue weighted by Crippen LogP contribution is -2.52. The molecule has 4 aromatic heterocycles. The van der Waals surface area contributed by atoms with Crippen LogP contribution in [0.3, 0.4) is 0 Å². The van der Waals surface area contributed by atoms with Crippen molar-refractivity contribution >= 4 is 28.7 Å². The van der Waals surface area contributed by atoms with Gasteiger partial charge in [0.1, 0.15) is 23.4 Å². The van der Waals surface area contributed by atoms with Crippen molar-refractivity contribution in [1.82, 2.24) is 55.3 Å². The van der Waals surface area contributed by atoms with E-state index in [1.54, 1.807) is 35.9 Å². The Balaban J connectivity index is 1.02. The van der Waals surface area contributed by atoms with E-state index in [4.69, 9.17) is 14.5 Å². The number of pyridine rings is 1. The highest BCUT2D eigenvalue weighted by Crippen LogP contribution is 2.35. The van der Waals surface area contributed by atoms with Crippen molar-refractivity contribution in [1.29, 1.82) is 0 Å². The molecule has 5 aromatic rings. The maximum atomic E-state index is 13.6. The van der Waals surface area contributed by atoms with Crippen molar-refractivity contribution in [3.63, 3.8) is 0 Å². The van der Waals surface area contributed by atoms with Gasteiger partial charge in [-0.1, -0.05) is 39.8 Å². The van der Waals surface area contributed by atoms with Gasteiger partial charge in [0.15, 0.2) is 5.82 Å². The predicted octanol–water partition coefficient (Wildman–Crippen LogP) is 4.72. The number of carbonyl (C=O) groups excluding carboxylic acids is 3. The Hall–Kier alpha value is -5.78. The van der Waals surface area contributed by atoms with Gasteiger partial charge in [-0.25, -0.2) is 24.7 Å². The Morgan fingerprint density at radius 2 is 1.33 bits per heavy atom. The van der Waals surface area contributed by atoms with Crippen LogP contribution in [0, 0.1) is 11.8 Å². The van der Waals surface area contributed by atoms with Crippen LogP contribution in [0.5, 0.6) is 0 Å². The summed E-state index contributed by atoms with van der Waals surface area (Å²) in [6.07, 6.45) is 10.1. The van der Waals surface area contributed by atoms with Gasteiger partial charge in [0.25, 0.3) is 0 Å². The number of ether oxygens (including phenoxy) is 2. The molecule has 17 heteroatoms. The summed E-state index contributed by atoms with van der Waals surface area (Å²) >= 11 is 0. The van der Waals surface area contributed by atoms with Crippen LogP contribution in [0.15, 0.2) is 55.2 Å². The van der Waals surface area contributed by atoms with E-state index in [2.05, 4.69) is 40.5 Å². The fourth-order valence-electron chi connectivity index (χ4n) is 7.79. The van der Waals surface area contributed by atoms with E-state index in [9.17, 15) is 19.5 Å². The lowest BCUT2D eigenvalue weighted by atomic mass is 10.0.